The molecule has 0 nitrogen and oxygen atoms in total. The highest BCUT2D eigenvalue weighted by Gasteiger charge is 2.46. The van der Waals surface area contributed by atoms with Gasteiger partial charge in [-0.25, -0.2) is 0 Å². The summed E-state index contributed by atoms with van der Waals surface area (Å²) in [7, 11) is 0. The molecule has 0 aromatic heterocycles. The Morgan fingerprint density at radius 3 is 1.23 bits per heavy atom. The molecule has 0 heteroatoms. The third-order valence-electron chi connectivity index (χ3n) is 6.93. The van der Waals surface area contributed by atoms with Crippen LogP contribution >= 0.6 is 0 Å². The first-order valence-electron chi connectivity index (χ1n) is 11.4. The molecule has 0 amide bonds. The van der Waals surface area contributed by atoms with Gasteiger partial charge in [0.1, 0.15) is 0 Å². The summed E-state index contributed by atoms with van der Waals surface area (Å²) in [4.78, 5) is 0. The molecule has 0 unspecified atom stereocenters. The Balaban J connectivity index is 1.96. The van der Waals surface area contributed by atoms with Gasteiger partial charge in [-0.1, -0.05) is 125 Å². The van der Waals surface area contributed by atoms with Gasteiger partial charge in [0.25, 0.3) is 0 Å². The lowest BCUT2D eigenvalue weighted by Crippen LogP contribution is -2.28. The predicted octanol–water partition coefficient (Wildman–Crippen LogP) is 8.30. The van der Waals surface area contributed by atoms with Gasteiger partial charge in [0, 0.05) is 0 Å². The van der Waals surface area contributed by atoms with Gasteiger partial charge in [-0.15, -0.1) is 0 Å². The molecule has 0 fully saturated rings. The molecule has 1 aliphatic carbocycles. The second kappa shape index (κ2) is 7.54. The van der Waals surface area contributed by atoms with Crippen LogP contribution in [0.25, 0.3) is 11.1 Å². The van der Waals surface area contributed by atoms with E-state index in [4.69, 9.17) is 0 Å². The third kappa shape index (κ3) is 2.97. The van der Waals surface area contributed by atoms with Crippen molar-refractivity contribution in [2.24, 2.45) is 0 Å². The summed E-state index contributed by atoms with van der Waals surface area (Å²) in [5.41, 5.74) is 10.7. The van der Waals surface area contributed by atoms with Crippen molar-refractivity contribution in [3.8, 4) is 11.1 Å². The second-order valence-electron chi connectivity index (χ2n) is 9.40. The Hall–Kier alpha value is -3.12. The van der Waals surface area contributed by atoms with Crippen molar-refractivity contribution in [1.82, 2.24) is 0 Å². The summed E-state index contributed by atoms with van der Waals surface area (Å²) >= 11 is 0. The highest BCUT2D eigenvalue weighted by molar-refractivity contribution is 5.86. The van der Waals surface area contributed by atoms with Crippen LogP contribution in [0.2, 0.25) is 0 Å². The molecule has 0 atom stereocenters. The number of benzene rings is 4. The minimum atomic E-state index is -0.303. The van der Waals surface area contributed by atoms with Crippen molar-refractivity contribution in [2.75, 3.05) is 0 Å². The van der Waals surface area contributed by atoms with Gasteiger partial charge >= 0.3 is 0 Å². The van der Waals surface area contributed by atoms with Crippen molar-refractivity contribution in [1.29, 1.82) is 0 Å². The van der Waals surface area contributed by atoms with Crippen LogP contribution in [0.5, 0.6) is 0 Å². The minimum absolute atomic E-state index is 0.303. The molecular weight excluding hydrogens is 372 g/mol. The maximum Gasteiger partial charge on any atom is 0.0713 e. The number of rotatable bonds is 4. The first-order valence-corrected chi connectivity index (χ1v) is 11.4. The maximum absolute atomic E-state index is 2.47. The van der Waals surface area contributed by atoms with E-state index in [9.17, 15) is 0 Å². The van der Waals surface area contributed by atoms with E-state index < -0.39 is 0 Å². The lowest BCUT2D eigenvalue weighted by molar-refractivity contribution is 0.756. The SMILES string of the molecule is CC(C)c1ccc2c(c1)C(c1ccccc1)(c1ccccc1)c1cc(C(C)C)ccc1-2. The maximum atomic E-state index is 2.47. The van der Waals surface area contributed by atoms with Gasteiger partial charge in [-0.05, 0) is 56.3 Å². The molecule has 0 bridgehead atoms. The van der Waals surface area contributed by atoms with Crippen LogP contribution < -0.4 is 0 Å². The molecule has 0 N–H and O–H groups in total. The van der Waals surface area contributed by atoms with E-state index in [1.165, 1.54) is 44.5 Å². The standard InChI is InChI=1S/C31H30/c1-21(2)23-15-17-27-28-18-16-24(22(3)4)20-30(28)31(29(27)19-23,25-11-7-5-8-12-25)26-13-9-6-10-14-26/h5-22H,1-4H3. The zero-order valence-corrected chi connectivity index (χ0v) is 18.9. The van der Waals surface area contributed by atoms with Crippen molar-refractivity contribution >= 4 is 0 Å². The second-order valence-corrected chi connectivity index (χ2v) is 9.40. The van der Waals surface area contributed by atoms with Crippen molar-refractivity contribution in [2.45, 2.75) is 44.9 Å². The fourth-order valence-corrected chi connectivity index (χ4v) is 5.24. The van der Waals surface area contributed by atoms with Crippen LogP contribution in [0.15, 0.2) is 97.1 Å². The Labute approximate surface area is 186 Å². The Bertz CT molecular complexity index is 1110. The smallest absolute Gasteiger partial charge is 0.0622 e. The van der Waals surface area contributed by atoms with E-state index in [-0.39, 0.29) is 5.41 Å². The molecule has 0 spiro atoms. The van der Waals surface area contributed by atoms with Gasteiger partial charge < -0.3 is 0 Å². The summed E-state index contributed by atoms with van der Waals surface area (Å²) in [6.45, 7) is 9.14. The molecule has 0 radical (unpaired) electrons. The van der Waals surface area contributed by atoms with Crippen molar-refractivity contribution in [3.05, 3.63) is 130 Å². The summed E-state index contributed by atoms with van der Waals surface area (Å²) in [6, 6.07) is 36.4. The zero-order valence-electron chi connectivity index (χ0n) is 18.9. The molecule has 4 aromatic carbocycles. The molecule has 0 saturated carbocycles. The molecule has 1 aliphatic rings. The van der Waals surface area contributed by atoms with Gasteiger partial charge in [0.15, 0.2) is 0 Å². The largest absolute Gasteiger partial charge is 0.0713 e. The van der Waals surface area contributed by atoms with Gasteiger partial charge in [0.2, 0.25) is 0 Å². The van der Waals surface area contributed by atoms with Crippen LogP contribution in [-0.4, -0.2) is 0 Å². The summed E-state index contributed by atoms with van der Waals surface area (Å²) in [6.07, 6.45) is 0. The van der Waals surface area contributed by atoms with E-state index in [1.807, 2.05) is 0 Å². The van der Waals surface area contributed by atoms with Crippen LogP contribution in [0.3, 0.4) is 0 Å². The van der Waals surface area contributed by atoms with Crippen molar-refractivity contribution < 1.29 is 0 Å². The Kier molecular flexibility index (Phi) is 4.82. The highest BCUT2D eigenvalue weighted by atomic mass is 14.5. The molecule has 0 aliphatic heterocycles. The molecule has 154 valence electrons. The number of fused-ring (bicyclic) bond motifs is 3. The first-order chi connectivity index (χ1) is 15.0. The van der Waals surface area contributed by atoms with Crippen LogP contribution in [0.1, 0.15) is 72.9 Å². The Morgan fingerprint density at radius 1 is 0.484 bits per heavy atom. The molecule has 0 saturated heterocycles. The van der Waals surface area contributed by atoms with Gasteiger partial charge in [-0.2, -0.15) is 0 Å². The lowest BCUT2D eigenvalue weighted by Gasteiger charge is -2.34. The summed E-state index contributed by atoms with van der Waals surface area (Å²) in [5.74, 6) is 0.981. The van der Waals surface area contributed by atoms with Gasteiger partial charge in [-0.3, -0.25) is 0 Å². The third-order valence-corrected chi connectivity index (χ3v) is 6.93. The first kappa shape index (κ1) is 19.8. The fourth-order valence-electron chi connectivity index (χ4n) is 5.24. The van der Waals surface area contributed by atoms with Crippen LogP contribution in [0.4, 0.5) is 0 Å². The van der Waals surface area contributed by atoms with Crippen molar-refractivity contribution in [3.63, 3.8) is 0 Å². The lowest BCUT2D eigenvalue weighted by atomic mass is 9.67. The molecule has 31 heavy (non-hydrogen) atoms. The van der Waals surface area contributed by atoms with E-state index in [2.05, 4.69) is 125 Å². The topological polar surface area (TPSA) is 0 Å². The Morgan fingerprint density at radius 2 is 0.871 bits per heavy atom. The average Bonchev–Trinajstić information content (AvgIpc) is 3.10. The number of hydrogen-bond donors (Lipinski definition) is 0. The average molecular weight is 403 g/mol. The quantitative estimate of drug-likeness (QED) is 0.283. The molecule has 0 heterocycles. The normalized spacial score (nSPS) is 14.0. The van der Waals surface area contributed by atoms with Crippen LogP contribution in [0, 0.1) is 0 Å². The number of hydrogen-bond acceptors (Lipinski definition) is 0. The van der Waals surface area contributed by atoms with Gasteiger partial charge in [0.05, 0.1) is 5.41 Å². The van der Waals surface area contributed by atoms with E-state index in [0.29, 0.717) is 11.8 Å². The monoisotopic (exact) mass is 402 g/mol. The van der Waals surface area contributed by atoms with E-state index >= 15 is 0 Å². The predicted molar refractivity (Wildman–Crippen MR) is 132 cm³/mol. The fraction of sp³-hybridized carbons (Fsp3) is 0.226. The highest BCUT2D eigenvalue weighted by Crippen LogP contribution is 2.56. The summed E-state index contributed by atoms with van der Waals surface area (Å²) < 4.78 is 0. The minimum Gasteiger partial charge on any atom is -0.0622 e. The van der Waals surface area contributed by atoms with E-state index in [0.717, 1.165) is 0 Å². The molecular formula is C31H30. The zero-order chi connectivity index (χ0) is 21.6. The van der Waals surface area contributed by atoms with Crippen LogP contribution in [-0.2, 0) is 5.41 Å². The van der Waals surface area contributed by atoms with E-state index in [1.54, 1.807) is 0 Å². The molecule has 4 aromatic rings. The summed E-state index contributed by atoms with van der Waals surface area (Å²) in [5, 5.41) is 0. The molecule has 5 rings (SSSR count).